The molecule has 176 valence electrons. The van der Waals surface area contributed by atoms with Gasteiger partial charge in [-0.2, -0.15) is 0 Å². The van der Waals surface area contributed by atoms with Crippen LogP contribution < -0.4 is 0 Å². The van der Waals surface area contributed by atoms with Crippen molar-refractivity contribution in [2.45, 2.75) is 27.7 Å². The Hall–Kier alpha value is -2.09. The molecule has 3 aromatic rings. The van der Waals surface area contributed by atoms with Crippen LogP contribution in [0.4, 0.5) is 0 Å². The SMILES string of the molecule is Cc1ccc(S(=O)(=O)N2C(C(Cl)(Cl)Cl)=N[C@@H](c3ccccc3)[C@@H]2C(=O)c2ccc(Cl)cc2)cc1. The second-order valence-electron chi connectivity index (χ2n) is 7.74. The molecule has 0 N–H and O–H groups in total. The van der Waals surface area contributed by atoms with E-state index in [2.05, 4.69) is 4.99 Å². The number of carbonyl (C=O) groups is 1. The van der Waals surface area contributed by atoms with E-state index in [1.807, 2.05) is 6.92 Å². The van der Waals surface area contributed by atoms with Crippen molar-refractivity contribution in [3.05, 3.63) is 101 Å². The number of halogens is 4. The van der Waals surface area contributed by atoms with Crippen LogP contribution in [0.2, 0.25) is 5.02 Å². The van der Waals surface area contributed by atoms with E-state index < -0.39 is 31.7 Å². The third-order valence-electron chi connectivity index (χ3n) is 5.39. The molecule has 0 aliphatic carbocycles. The van der Waals surface area contributed by atoms with Crippen molar-refractivity contribution in [2.75, 3.05) is 0 Å². The Kier molecular flexibility index (Phi) is 7.00. The van der Waals surface area contributed by atoms with Gasteiger partial charge in [-0.3, -0.25) is 9.79 Å². The summed E-state index contributed by atoms with van der Waals surface area (Å²) in [4.78, 5) is 18.2. The van der Waals surface area contributed by atoms with Gasteiger partial charge in [-0.25, -0.2) is 12.7 Å². The molecule has 0 bridgehead atoms. The summed E-state index contributed by atoms with van der Waals surface area (Å²) in [6.07, 6.45) is 0. The van der Waals surface area contributed by atoms with Gasteiger partial charge in [0.1, 0.15) is 12.1 Å². The number of carbonyl (C=O) groups excluding carboxylic acids is 1. The zero-order valence-electron chi connectivity index (χ0n) is 17.7. The predicted molar refractivity (Wildman–Crippen MR) is 137 cm³/mol. The molecule has 0 unspecified atom stereocenters. The standard InChI is InChI=1S/C24H18Cl4N2O3S/c1-15-7-13-19(14-8-15)34(32,33)30-21(22(31)17-9-11-18(25)12-10-17)20(16-5-3-2-4-6-16)29-23(30)24(26,27)28/h2-14,20-21H,1H3/t20-,21+/m0/s1. The van der Waals surface area contributed by atoms with Crippen LogP contribution in [0.25, 0.3) is 0 Å². The lowest BCUT2D eigenvalue weighted by Crippen LogP contribution is -2.49. The van der Waals surface area contributed by atoms with E-state index in [4.69, 9.17) is 46.4 Å². The summed E-state index contributed by atoms with van der Waals surface area (Å²) in [7, 11) is -4.34. The molecule has 34 heavy (non-hydrogen) atoms. The molecule has 1 heterocycles. The molecular weight excluding hydrogens is 538 g/mol. The van der Waals surface area contributed by atoms with Gasteiger partial charge in [-0.1, -0.05) is 94.4 Å². The molecule has 0 radical (unpaired) electrons. The van der Waals surface area contributed by atoms with Crippen molar-refractivity contribution in [1.29, 1.82) is 0 Å². The Morgan fingerprint density at radius 1 is 0.912 bits per heavy atom. The molecule has 0 saturated carbocycles. The number of Topliss-reactive ketones (excluding diaryl/α,β-unsaturated/α-hetero) is 1. The van der Waals surface area contributed by atoms with Crippen LogP contribution in [-0.4, -0.2) is 34.2 Å². The highest BCUT2D eigenvalue weighted by Crippen LogP contribution is 2.43. The van der Waals surface area contributed by atoms with Gasteiger partial charge in [0.15, 0.2) is 11.6 Å². The highest BCUT2D eigenvalue weighted by atomic mass is 35.6. The van der Waals surface area contributed by atoms with Crippen molar-refractivity contribution < 1.29 is 13.2 Å². The number of amidine groups is 1. The molecule has 5 nitrogen and oxygen atoms in total. The summed E-state index contributed by atoms with van der Waals surface area (Å²) in [5, 5.41) is 0.435. The summed E-state index contributed by atoms with van der Waals surface area (Å²) in [5.41, 5.74) is 1.72. The molecule has 3 aromatic carbocycles. The van der Waals surface area contributed by atoms with E-state index in [1.165, 1.54) is 24.3 Å². The van der Waals surface area contributed by atoms with E-state index in [9.17, 15) is 13.2 Å². The fraction of sp³-hybridized carbons (Fsp3) is 0.167. The Bertz CT molecular complexity index is 1340. The molecule has 4 rings (SSSR count). The Balaban J connectivity index is 1.93. The van der Waals surface area contributed by atoms with Crippen molar-refractivity contribution in [1.82, 2.24) is 4.31 Å². The predicted octanol–water partition coefficient (Wildman–Crippen LogP) is 6.41. The van der Waals surface area contributed by atoms with E-state index in [-0.39, 0.29) is 16.3 Å². The fourth-order valence-electron chi connectivity index (χ4n) is 3.75. The number of benzene rings is 3. The van der Waals surface area contributed by atoms with Crippen LogP contribution in [0.5, 0.6) is 0 Å². The normalized spacial score (nSPS) is 18.6. The summed E-state index contributed by atoms with van der Waals surface area (Å²) in [6.45, 7) is 1.83. The third-order valence-corrected chi connectivity index (χ3v) is 7.94. The molecule has 0 fully saturated rings. The molecular formula is C24H18Cl4N2O3S. The quantitative estimate of drug-likeness (QED) is 0.270. The molecule has 0 amide bonds. The van der Waals surface area contributed by atoms with Crippen LogP contribution in [0.15, 0.2) is 88.8 Å². The number of hydrogen-bond donors (Lipinski definition) is 0. The monoisotopic (exact) mass is 554 g/mol. The van der Waals surface area contributed by atoms with Gasteiger partial charge in [-0.05, 0) is 48.9 Å². The second kappa shape index (κ2) is 9.51. The number of rotatable bonds is 5. The lowest BCUT2D eigenvalue weighted by Gasteiger charge is -2.30. The Morgan fingerprint density at radius 3 is 2.06 bits per heavy atom. The topological polar surface area (TPSA) is 66.8 Å². The summed E-state index contributed by atoms with van der Waals surface area (Å²) in [6, 6.07) is 18.9. The number of ketones is 1. The minimum Gasteiger partial charge on any atom is -0.292 e. The highest BCUT2D eigenvalue weighted by Gasteiger charge is 2.53. The molecule has 10 heteroatoms. The molecule has 1 aliphatic heterocycles. The smallest absolute Gasteiger partial charge is 0.266 e. The fourth-order valence-corrected chi connectivity index (χ4v) is 6.07. The number of aryl methyl sites for hydroxylation is 1. The summed E-state index contributed by atoms with van der Waals surface area (Å²) < 4.78 is 26.4. The van der Waals surface area contributed by atoms with Crippen molar-refractivity contribution in [3.63, 3.8) is 0 Å². The van der Waals surface area contributed by atoms with Crippen molar-refractivity contribution in [2.24, 2.45) is 4.99 Å². The van der Waals surface area contributed by atoms with E-state index in [1.54, 1.807) is 54.6 Å². The summed E-state index contributed by atoms with van der Waals surface area (Å²) in [5.74, 6) is -0.853. The van der Waals surface area contributed by atoms with Crippen LogP contribution >= 0.6 is 46.4 Å². The largest absolute Gasteiger partial charge is 0.292 e. The van der Waals surface area contributed by atoms with Crippen LogP contribution in [0.3, 0.4) is 0 Å². The van der Waals surface area contributed by atoms with Crippen molar-refractivity contribution in [3.8, 4) is 0 Å². The first-order chi connectivity index (χ1) is 16.0. The van der Waals surface area contributed by atoms with Gasteiger partial charge in [-0.15, -0.1) is 0 Å². The van der Waals surface area contributed by atoms with Gasteiger partial charge in [0, 0.05) is 10.6 Å². The first kappa shape index (κ1) is 25.0. The second-order valence-corrected chi connectivity index (χ2v) is 12.3. The summed E-state index contributed by atoms with van der Waals surface area (Å²) >= 11 is 24.6. The lowest BCUT2D eigenvalue weighted by atomic mass is 9.94. The minimum absolute atomic E-state index is 0.0531. The van der Waals surface area contributed by atoms with E-state index in [0.29, 0.717) is 10.6 Å². The van der Waals surface area contributed by atoms with Crippen LogP contribution in [0.1, 0.15) is 27.5 Å². The first-order valence-corrected chi connectivity index (χ1v) is 13.1. The number of sulfonamides is 1. The van der Waals surface area contributed by atoms with Crippen LogP contribution in [0, 0.1) is 6.92 Å². The third kappa shape index (κ3) is 4.83. The number of hydrogen-bond acceptors (Lipinski definition) is 4. The average Bonchev–Trinajstić information content (AvgIpc) is 3.22. The molecule has 0 spiro atoms. The van der Waals surface area contributed by atoms with Gasteiger partial charge in [0.25, 0.3) is 10.0 Å². The maximum absolute atomic E-state index is 13.9. The number of aliphatic imine (C=N–C) groups is 1. The molecule has 2 atom stereocenters. The van der Waals surface area contributed by atoms with E-state index in [0.717, 1.165) is 9.87 Å². The van der Waals surface area contributed by atoms with Gasteiger partial charge < -0.3 is 0 Å². The maximum atomic E-state index is 13.9. The highest BCUT2D eigenvalue weighted by molar-refractivity contribution is 7.89. The maximum Gasteiger partial charge on any atom is 0.266 e. The van der Waals surface area contributed by atoms with Crippen molar-refractivity contribution >= 4 is 68.0 Å². The number of alkyl halides is 3. The van der Waals surface area contributed by atoms with Gasteiger partial charge >= 0.3 is 0 Å². The molecule has 0 aromatic heterocycles. The minimum atomic E-state index is -4.34. The molecule has 1 aliphatic rings. The zero-order chi connectivity index (χ0) is 24.7. The van der Waals surface area contributed by atoms with Crippen LogP contribution in [-0.2, 0) is 10.0 Å². The Labute approximate surface area is 218 Å². The zero-order valence-corrected chi connectivity index (χ0v) is 21.5. The first-order valence-electron chi connectivity index (χ1n) is 10.1. The van der Waals surface area contributed by atoms with Gasteiger partial charge in [0.05, 0.1) is 4.90 Å². The number of nitrogens with zero attached hydrogens (tertiary/aromatic N) is 2. The van der Waals surface area contributed by atoms with Gasteiger partial charge in [0.2, 0.25) is 3.79 Å². The Morgan fingerprint density at radius 2 is 1.50 bits per heavy atom. The average molecular weight is 556 g/mol. The molecule has 0 saturated heterocycles. The van der Waals surface area contributed by atoms with E-state index >= 15 is 0 Å². The lowest BCUT2D eigenvalue weighted by molar-refractivity contribution is 0.0915.